The van der Waals surface area contributed by atoms with Crippen molar-refractivity contribution in [3.63, 3.8) is 0 Å². The highest BCUT2D eigenvalue weighted by Crippen LogP contribution is 2.23. The molecule has 0 amide bonds. The number of rotatable bonds is 5. The number of ether oxygens (including phenoxy) is 2. The molecule has 0 saturated carbocycles. The van der Waals surface area contributed by atoms with Gasteiger partial charge in [-0.15, -0.1) is 5.10 Å². The van der Waals surface area contributed by atoms with Crippen LogP contribution in [0.25, 0.3) is 11.3 Å². The number of carbonyl (C=O) groups excluding carboxylic acids is 1. The minimum Gasteiger partial charge on any atom is -0.468 e. The van der Waals surface area contributed by atoms with Crippen molar-refractivity contribution in [1.82, 2.24) is 19.9 Å². The number of hydrogen-bond donors (Lipinski definition) is 0. The highest BCUT2D eigenvalue weighted by molar-refractivity contribution is 5.76. The van der Waals surface area contributed by atoms with Gasteiger partial charge in [-0.05, 0) is 56.7 Å². The van der Waals surface area contributed by atoms with Crippen LogP contribution >= 0.6 is 0 Å². The van der Waals surface area contributed by atoms with E-state index in [1.54, 1.807) is 0 Å². The maximum Gasteiger partial charge on any atom is 0.323 e. The van der Waals surface area contributed by atoms with Crippen LogP contribution in [-0.2, 0) is 20.8 Å². The highest BCUT2D eigenvalue weighted by atomic mass is 16.5. The predicted molar refractivity (Wildman–Crippen MR) is 117 cm³/mol. The van der Waals surface area contributed by atoms with Crippen molar-refractivity contribution < 1.29 is 14.3 Å². The Balaban J connectivity index is 1.39. The van der Waals surface area contributed by atoms with E-state index in [0.717, 1.165) is 67.8 Å². The molecule has 1 aromatic heterocycles. The number of nitrogens with zero attached hydrogens (tertiary/aromatic N) is 4. The predicted octanol–water partition coefficient (Wildman–Crippen LogP) is 2.81. The van der Waals surface area contributed by atoms with Gasteiger partial charge in [0.05, 0.1) is 32.5 Å². The monoisotopic (exact) mass is 422 g/mol. The second-order valence-electron chi connectivity index (χ2n) is 8.30. The summed E-state index contributed by atoms with van der Waals surface area (Å²) in [6.07, 6.45) is 7.52. The number of aromatic nitrogens is 3. The molecule has 7 nitrogen and oxygen atoms in total. The zero-order valence-electron chi connectivity index (χ0n) is 18.3. The van der Waals surface area contributed by atoms with E-state index in [2.05, 4.69) is 46.1 Å². The fourth-order valence-corrected chi connectivity index (χ4v) is 4.36. The van der Waals surface area contributed by atoms with E-state index >= 15 is 0 Å². The molecule has 2 saturated heterocycles. The molecular formula is C24H30N4O3. The number of benzene rings is 1. The standard InChI is InChI=1S/C24H30N4O3/c1-18-15-19(7-5-12-27-13-6-9-23(27)24(29)30-2)10-11-21(18)22-17-28(26-25-22)16-20-8-3-4-14-31-20/h10-11,15,17,20,23H,3-4,6,8-9,12-14,16H2,1-2H3. The van der Waals surface area contributed by atoms with Gasteiger partial charge in [0, 0.05) is 24.3 Å². The van der Waals surface area contributed by atoms with Crippen molar-refractivity contribution in [2.24, 2.45) is 0 Å². The third-order valence-electron chi connectivity index (χ3n) is 6.06. The molecule has 0 aliphatic carbocycles. The van der Waals surface area contributed by atoms with E-state index in [1.807, 2.05) is 16.9 Å². The molecule has 2 atom stereocenters. The topological polar surface area (TPSA) is 69.5 Å². The lowest BCUT2D eigenvalue weighted by Crippen LogP contribution is -2.37. The summed E-state index contributed by atoms with van der Waals surface area (Å²) in [5.74, 6) is 6.27. The van der Waals surface area contributed by atoms with Crippen molar-refractivity contribution in [2.75, 3.05) is 26.8 Å². The van der Waals surface area contributed by atoms with E-state index in [9.17, 15) is 4.79 Å². The Bertz CT molecular complexity index is 969. The first-order valence-corrected chi connectivity index (χ1v) is 11.1. The normalized spacial score (nSPS) is 21.5. The fraction of sp³-hybridized carbons (Fsp3) is 0.542. The first kappa shape index (κ1) is 21.5. The Morgan fingerprint density at radius 3 is 2.97 bits per heavy atom. The molecule has 31 heavy (non-hydrogen) atoms. The van der Waals surface area contributed by atoms with Crippen LogP contribution in [0.2, 0.25) is 0 Å². The van der Waals surface area contributed by atoms with E-state index < -0.39 is 0 Å². The van der Waals surface area contributed by atoms with Gasteiger partial charge in [0.1, 0.15) is 11.7 Å². The lowest BCUT2D eigenvalue weighted by Gasteiger charge is -2.21. The van der Waals surface area contributed by atoms with Gasteiger partial charge in [0.2, 0.25) is 0 Å². The number of aryl methyl sites for hydroxylation is 1. The first-order chi connectivity index (χ1) is 15.1. The summed E-state index contributed by atoms with van der Waals surface area (Å²) in [5.41, 5.74) is 4.00. The molecular weight excluding hydrogens is 392 g/mol. The van der Waals surface area contributed by atoms with Crippen molar-refractivity contribution in [2.45, 2.75) is 57.7 Å². The van der Waals surface area contributed by atoms with Gasteiger partial charge >= 0.3 is 5.97 Å². The molecule has 2 aliphatic rings. The molecule has 0 bridgehead atoms. The van der Waals surface area contributed by atoms with Gasteiger partial charge < -0.3 is 9.47 Å². The summed E-state index contributed by atoms with van der Waals surface area (Å²) in [4.78, 5) is 13.9. The second kappa shape index (κ2) is 10.1. The molecule has 7 heteroatoms. The van der Waals surface area contributed by atoms with Crippen LogP contribution in [0.3, 0.4) is 0 Å². The van der Waals surface area contributed by atoms with Gasteiger partial charge in [0.25, 0.3) is 0 Å². The van der Waals surface area contributed by atoms with E-state index in [1.165, 1.54) is 13.5 Å². The molecule has 2 aromatic rings. The van der Waals surface area contributed by atoms with Crippen LogP contribution in [-0.4, -0.2) is 64.8 Å². The van der Waals surface area contributed by atoms with Crippen LogP contribution in [0.4, 0.5) is 0 Å². The molecule has 2 fully saturated rings. The van der Waals surface area contributed by atoms with Crippen molar-refractivity contribution in [3.8, 4) is 23.1 Å². The maximum atomic E-state index is 11.9. The number of hydrogen-bond acceptors (Lipinski definition) is 6. The third-order valence-corrected chi connectivity index (χ3v) is 6.06. The minimum absolute atomic E-state index is 0.162. The molecule has 2 aliphatic heterocycles. The van der Waals surface area contributed by atoms with Crippen LogP contribution in [0.15, 0.2) is 24.4 Å². The number of esters is 1. The fourth-order valence-electron chi connectivity index (χ4n) is 4.36. The molecule has 0 N–H and O–H groups in total. The van der Waals surface area contributed by atoms with Crippen molar-refractivity contribution >= 4 is 5.97 Å². The minimum atomic E-state index is -0.164. The molecule has 4 rings (SSSR count). The van der Waals surface area contributed by atoms with E-state index in [0.29, 0.717) is 6.54 Å². The zero-order valence-corrected chi connectivity index (χ0v) is 18.3. The Morgan fingerprint density at radius 2 is 2.19 bits per heavy atom. The highest BCUT2D eigenvalue weighted by Gasteiger charge is 2.30. The van der Waals surface area contributed by atoms with Gasteiger partial charge in [-0.1, -0.05) is 23.1 Å². The molecule has 1 aromatic carbocycles. The summed E-state index contributed by atoms with van der Waals surface area (Å²) in [5, 5.41) is 8.65. The number of methoxy groups -OCH3 is 1. The first-order valence-electron chi connectivity index (χ1n) is 11.1. The lowest BCUT2D eigenvalue weighted by atomic mass is 10.0. The lowest BCUT2D eigenvalue weighted by molar-refractivity contribution is -0.145. The summed E-state index contributed by atoms with van der Waals surface area (Å²) in [6.45, 7) is 5.11. The molecule has 2 unspecified atom stereocenters. The number of likely N-dealkylation sites (tertiary alicyclic amines) is 1. The third kappa shape index (κ3) is 5.33. The quantitative estimate of drug-likeness (QED) is 0.545. The van der Waals surface area contributed by atoms with Gasteiger partial charge in [-0.25, -0.2) is 4.68 Å². The zero-order chi connectivity index (χ0) is 21.6. The van der Waals surface area contributed by atoms with Crippen LogP contribution < -0.4 is 0 Å². The largest absolute Gasteiger partial charge is 0.468 e. The molecule has 0 spiro atoms. The second-order valence-corrected chi connectivity index (χ2v) is 8.30. The van der Waals surface area contributed by atoms with Crippen LogP contribution in [0.1, 0.15) is 43.2 Å². The van der Waals surface area contributed by atoms with Gasteiger partial charge in [-0.3, -0.25) is 9.69 Å². The van der Waals surface area contributed by atoms with E-state index in [-0.39, 0.29) is 18.1 Å². The Labute approximate surface area is 183 Å². The number of carbonyl (C=O) groups is 1. The Kier molecular flexibility index (Phi) is 7.00. The molecule has 164 valence electrons. The summed E-state index contributed by atoms with van der Waals surface area (Å²) < 4.78 is 12.6. The maximum absolute atomic E-state index is 11.9. The van der Waals surface area contributed by atoms with E-state index in [4.69, 9.17) is 9.47 Å². The smallest absolute Gasteiger partial charge is 0.323 e. The summed E-state index contributed by atoms with van der Waals surface area (Å²) in [6, 6.07) is 5.98. The van der Waals surface area contributed by atoms with Crippen molar-refractivity contribution in [3.05, 3.63) is 35.5 Å². The average Bonchev–Trinajstić information content (AvgIpc) is 3.44. The van der Waals surface area contributed by atoms with Gasteiger partial charge in [0.15, 0.2) is 0 Å². The van der Waals surface area contributed by atoms with Gasteiger partial charge in [-0.2, -0.15) is 0 Å². The van der Waals surface area contributed by atoms with Crippen LogP contribution in [0.5, 0.6) is 0 Å². The SMILES string of the molecule is COC(=O)C1CCCN1CC#Cc1ccc(-c2cn(CC3CCCCO3)nn2)c(C)c1. The Morgan fingerprint density at radius 1 is 1.29 bits per heavy atom. The summed E-state index contributed by atoms with van der Waals surface area (Å²) >= 11 is 0. The summed E-state index contributed by atoms with van der Waals surface area (Å²) in [7, 11) is 1.44. The molecule has 3 heterocycles. The van der Waals surface area contributed by atoms with Crippen molar-refractivity contribution in [1.29, 1.82) is 0 Å². The average molecular weight is 423 g/mol. The van der Waals surface area contributed by atoms with Crippen LogP contribution in [0, 0.1) is 18.8 Å². The molecule has 0 radical (unpaired) electrons. The Hall–Kier alpha value is -2.69.